The van der Waals surface area contributed by atoms with Crippen LogP contribution in [0.2, 0.25) is 15.1 Å². The maximum atomic E-state index is 12.1. The molecular formula is C19H15Cl3N2O2S. The molecule has 1 amide bonds. The van der Waals surface area contributed by atoms with Crippen LogP contribution in [-0.4, -0.2) is 17.5 Å². The van der Waals surface area contributed by atoms with E-state index in [4.69, 9.17) is 39.5 Å². The van der Waals surface area contributed by atoms with Crippen molar-refractivity contribution >= 4 is 57.2 Å². The van der Waals surface area contributed by atoms with E-state index in [-0.39, 0.29) is 12.5 Å². The highest BCUT2D eigenvalue weighted by molar-refractivity contribution is 7.15. The van der Waals surface area contributed by atoms with Gasteiger partial charge in [-0.25, -0.2) is 4.98 Å². The second-order valence-electron chi connectivity index (χ2n) is 5.73. The van der Waals surface area contributed by atoms with Crippen LogP contribution < -0.4 is 10.1 Å². The third-order valence-corrected chi connectivity index (χ3v) is 5.61. The molecule has 0 bridgehead atoms. The number of halogens is 3. The normalized spacial score (nSPS) is 10.7. The van der Waals surface area contributed by atoms with Gasteiger partial charge in [-0.2, -0.15) is 0 Å². The second kappa shape index (κ2) is 8.93. The van der Waals surface area contributed by atoms with Gasteiger partial charge < -0.3 is 4.74 Å². The first-order chi connectivity index (χ1) is 12.9. The zero-order valence-corrected chi connectivity index (χ0v) is 17.3. The minimum Gasteiger partial charge on any atom is -0.484 e. The van der Waals surface area contributed by atoms with Crippen LogP contribution in [0.1, 0.15) is 16.1 Å². The molecular weight excluding hydrogens is 427 g/mol. The first-order valence-corrected chi connectivity index (χ1v) is 9.94. The van der Waals surface area contributed by atoms with Gasteiger partial charge in [0, 0.05) is 26.4 Å². The fraction of sp³-hybridized carbons (Fsp3) is 0.158. The molecule has 140 valence electrons. The molecule has 0 atom stereocenters. The van der Waals surface area contributed by atoms with E-state index < -0.39 is 0 Å². The molecule has 0 aliphatic carbocycles. The van der Waals surface area contributed by atoms with Gasteiger partial charge in [-0.05, 0) is 55.0 Å². The summed E-state index contributed by atoms with van der Waals surface area (Å²) < 4.78 is 5.43. The summed E-state index contributed by atoms with van der Waals surface area (Å²) in [5, 5.41) is 5.16. The molecule has 0 saturated heterocycles. The maximum absolute atomic E-state index is 12.1. The van der Waals surface area contributed by atoms with Gasteiger partial charge in [-0.3, -0.25) is 10.1 Å². The number of carbonyl (C=O) groups excluding carboxylic acids is 1. The summed E-state index contributed by atoms with van der Waals surface area (Å²) in [4.78, 5) is 17.5. The second-order valence-corrected chi connectivity index (χ2v) is 8.09. The fourth-order valence-electron chi connectivity index (χ4n) is 2.33. The summed E-state index contributed by atoms with van der Waals surface area (Å²) in [6.07, 6.45) is 0.597. The Bertz CT molecular complexity index is 958. The molecule has 0 radical (unpaired) electrons. The molecule has 3 aromatic rings. The number of benzene rings is 2. The lowest BCUT2D eigenvalue weighted by Gasteiger charge is -2.05. The van der Waals surface area contributed by atoms with Gasteiger partial charge in [0.1, 0.15) is 5.75 Å². The Labute approximate surface area is 176 Å². The molecule has 8 heteroatoms. The van der Waals surface area contributed by atoms with E-state index in [1.807, 2.05) is 13.0 Å². The average molecular weight is 442 g/mol. The molecule has 0 spiro atoms. The largest absolute Gasteiger partial charge is 0.484 e. The van der Waals surface area contributed by atoms with E-state index in [1.54, 1.807) is 36.4 Å². The number of aromatic nitrogens is 1. The highest BCUT2D eigenvalue weighted by Crippen LogP contribution is 2.29. The number of hydrogen-bond acceptors (Lipinski definition) is 4. The van der Waals surface area contributed by atoms with Crippen molar-refractivity contribution in [1.82, 2.24) is 4.98 Å². The summed E-state index contributed by atoms with van der Waals surface area (Å²) >= 11 is 19.5. The Kier molecular flexibility index (Phi) is 6.60. The SMILES string of the molecule is Cc1nc(NC(=O)COc2ccc(Cl)cc2)sc1Cc1cc(Cl)ccc1Cl. The summed E-state index contributed by atoms with van der Waals surface area (Å²) in [5.41, 5.74) is 1.75. The fourth-order valence-corrected chi connectivity index (χ4v) is 3.84. The molecule has 1 aromatic heterocycles. The lowest BCUT2D eigenvalue weighted by atomic mass is 10.1. The smallest absolute Gasteiger partial charge is 0.264 e. The van der Waals surface area contributed by atoms with Gasteiger partial charge in [-0.15, -0.1) is 11.3 Å². The van der Waals surface area contributed by atoms with E-state index in [1.165, 1.54) is 11.3 Å². The summed E-state index contributed by atoms with van der Waals surface area (Å²) in [6, 6.07) is 12.2. The Morgan fingerprint density at radius 1 is 1.11 bits per heavy atom. The van der Waals surface area contributed by atoms with Gasteiger partial charge in [0.15, 0.2) is 11.7 Å². The predicted octanol–water partition coefficient (Wildman–Crippen LogP) is 6.02. The number of aryl methyl sites for hydroxylation is 1. The molecule has 1 heterocycles. The zero-order valence-electron chi connectivity index (χ0n) is 14.3. The summed E-state index contributed by atoms with van der Waals surface area (Å²) in [7, 11) is 0. The molecule has 0 saturated carbocycles. The minimum atomic E-state index is -0.286. The number of nitrogens with zero attached hydrogens (tertiary/aromatic N) is 1. The topological polar surface area (TPSA) is 51.2 Å². The molecule has 0 aliphatic rings. The highest BCUT2D eigenvalue weighted by Gasteiger charge is 2.13. The number of hydrogen-bond donors (Lipinski definition) is 1. The van der Waals surface area contributed by atoms with Crippen molar-refractivity contribution in [2.24, 2.45) is 0 Å². The molecule has 0 aliphatic heterocycles. The van der Waals surface area contributed by atoms with Gasteiger partial charge in [0.25, 0.3) is 5.91 Å². The zero-order chi connectivity index (χ0) is 19.4. The van der Waals surface area contributed by atoms with Crippen LogP contribution in [0.5, 0.6) is 5.75 Å². The van der Waals surface area contributed by atoms with Crippen LogP contribution in [0.4, 0.5) is 5.13 Å². The first kappa shape index (κ1) is 20.0. The van der Waals surface area contributed by atoms with Crippen molar-refractivity contribution in [2.75, 3.05) is 11.9 Å². The van der Waals surface area contributed by atoms with Gasteiger partial charge in [0.05, 0.1) is 5.69 Å². The molecule has 27 heavy (non-hydrogen) atoms. The Morgan fingerprint density at radius 2 is 1.81 bits per heavy atom. The van der Waals surface area contributed by atoms with E-state index >= 15 is 0 Å². The summed E-state index contributed by atoms with van der Waals surface area (Å²) in [5.74, 6) is 0.284. The van der Waals surface area contributed by atoms with Crippen LogP contribution in [0.25, 0.3) is 0 Å². The molecule has 3 rings (SSSR count). The standard InChI is InChI=1S/C19H15Cl3N2O2S/c1-11-17(9-12-8-14(21)4-7-16(12)22)27-19(23-11)24-18(25)10-26-15-5-2-13(20)3-6-15/h2-8H,9-10H2,1H3,(H,23,24,25). The number of thiazole rings is 1. The van der Waals surface area contributed by atoms with Crippen molar-refractivity contribution in [3.05, 3.63) is 73.7 Å². The lowest BCUT2D eigenvalue weighted by molar-refractivity contribution is -0.118. The molecule has 4 nitrogen and oxygen atoms in total. The first-order valence-electron chi connectivity index (χ1n) is 7.99. The van der Waals surface area contributed by atoms with Crippen LogP contribution in [0.3, 0.4) is 0 Å². The molecule has 0 fully saturated rings. The van der Waals surface area contributed by atoms with Crippen molar-refractivity contribution < 1.29 is 9.53 Å². The third-order valence-electron chi connectivity index (χ3n) is 3.68. The number of nitrogens with one attached hydrogen (secondary N) is 1. The Hall–Kier alpha value is -1.79. The van der Waals surface area contributed by atoms with E-state index in [9.17, 15) is 4.79 Å². The van der Waals surface area contributed by atoms with Crippen LogP contribution in [0.15, 0.2) is 42.5 Å². The van der Waals surface area contributed by atoms with Crippen molar-refractivity contribution in [3.8, 4) is 5.75 Å². The molecule has 0 unspecified atom stereocenters. The number of carbonyl (C=O) groups is 1. The maximum Gasteiger partial charge on any atom is 0.264 e. The van der Waals surface area contributed by atoms with E-state index in [0.717, 1.165) is 16.1 Å². The average Bonchev–Trinajstić information content (AvgIpc) is 2.96. The van der Waals surface area contributed by atoms with Crippen LogP contribution in [0, 0.1) is 6.92 Å². The van der Waals surface area contributed by atoms with Crippen molar-refractivity contribution in [2.45, 2.75) is 13.3 Å². The number of anilines is 1. The van der Waals surface area contributed by atoms with Crippen molar-refractivity contribution in [1.29, 1.82) is 0 Å². The Balaban J connectivity index is 1.61. The van der Waals surface area contributed by atoms with Gasteiger partial charge in [0.2, 0.25) is 0 Å². The monoisotopic (exact) mass is 440 g/mol. The Morgan fingerprint density at radius 3 is 2.56 bits per heavy atom. The minimum absolute atomic E-state index is 0.115. The van der Waals surface area contributed by atoms with Crippen molar-refractivity contribution in [3.63, 3.8) is 0 Å². The molecule has 1 N–H and O–H groups in total. The number of rotatable bonds is 6. The highest BCUT2D eigenvalue weighted by atomic mass is 35.5. The number of amides is 1. The van der Waals surface area contributed by atoms with E-state index in [0.29, 0.717) is 32.4 Å². The van der Waals surface area contributed by atoms with E-state index in [2.05, 4.69) is 10.3 Å². The van der Waals surface area contributed by atoms with Gasteiger partial charge >= 0.3 is 0 Å². The van der Waals surface area contributed by atoms with Crippen LogP contribution in [-0.2, 0) is 11.2 Å². The van der Waals surface area contributed by atoms with Gasteiger partial charge in [-0.1, -0.05) is 34.8 Å². The quantitative estimate of drug-likeness (QED) is 0.509. The third kappa shape index (κ3) is 5.59. The lowest BCUT2D eigenvalue weighted by Crippen LogP contribution is -2.20. The predicted molar refractivity (Wildman–Crippen MR) is 112 cm³/mol. The summed E-state index contributed by atoms with van der Waals surface area (Å²) in [6.45, 7) is 1.78. The number of ether oxygens (including phenoxy) is 1. The van der Waals surface area contributed by atoms with Crippen LogP contribution >= 0.6 is 46.1 Å². The molecule has 2 aromatic carbocycles.